The van der Waals surface area contributed by atoms with Gasteiger partial charge in [-0.15, -0.1) is 0 Å². The summed E-state index contributed by atoms with van der Waals surface area (Å²) in [4.78, 5) is 2.25. The second-order valence-electron chi connectivity index (χ2n) is 11.2. The van der Waals surface area contributed by atoms with E-state index in [-0.39, 0.29) is 5.82 Å². The fraction of sp³-hybridized carbons (Fsp3) is 0. The molecule has 0 aliphatic heterocycles. The third-order valence-corrected chi connectivity index (χ3v) is 8.48. The van der Waals surface area contributed by atoms with Gasteiger partial charge in [-0.05, 0) is 95.1 Å². The number of hydrogen-bond donors (Lipinski definition) is 0. The molecule has 0 aliphatic carbocycles. The molecule has 0 amide bonds. The van der Waals surface area contributed by atoms with E-state index in [1.807, 2.05) is 18.2 Å². The summed E-state index contributed by atoms with van der Waals surface area (Å²) in [5.74, 6) is -0.229. The maximum Gasteiger partial charge on any atom is 0.123 e. The first-order valence-electron chi connectivity index (χ1n) is 15.1. The summed E-state index contributed by atoms with van der Waals surface area (Å²) < 4.78 is 15.8. The van der Waals surface area contributed by atoms with E-state index >= 15 is 0 Å². The normalized spacial score (nSPS) is 11.2. The molecule has 0 aliphatic rings. The van der Waals surface area contributed by atoms with Crippen molar-refractivity contribution in [2.45, 2.75) is 0 Å². The maximum atomic E-state index is 13.5. The summed E-state index contributed by atoms with van der Waals surface area (Å²) in [5, 5.41) is 2.53. The van der Waals surface area contributed by atoms with Crippen LogP contribution in [0.15, 0.2) is 176 Å². The number of aromatic nitrogens is 1. The number of para-hydroxylation sites is 3. The van der Waals surface area contributed by atoms with Crippen molar-refractivity contribution >= 4 is 38.9 Å². The first kappa shape index (κ1) is 26.7. The molecule has 0 saturated heterocycles. The van der Waals surface area contributed by atoms with Crippen LogP contribution < -0.4 is 4.90 Å². The predicted molar refractivity (Wildman–Crippen MR) is 186 cm³/mol. The first-order valence-corrected chi connectivity index (χ1v) is 15.1. The number of nitrogens with zero attached hydrogens (tertiary/aromatic N) is 2. The minimum Gasteiger partial charge on any atom is -0.311 e. The Morgan fingerprint density at radius 3 is 1.22 bits per heavy atom. The number of fused-ring (bicyclic) bond motifs is 3. The molecule has 0 spiro atoms. The van der Waals surface area contributed by atoms with Gasteiger partial charge in [-0.3, -0.25) is 0 Å². The number of benzene rings is 7. The number of hydrogen-bond acceptors (Lipinski definition) is 1. The topological polar surface area (TPSA) is 8.17 Å². The third kappa shape index (κ3) is 4.95. The molecule has 3 heteroatoms. The summed E-state index contributed by atoms with van der Waals surface area (Å²) in [6.07, 6.45) is 0. The van der Waals surface area contributed by atoms with Crippen molar-refractivity contribution in [3.8, 4) is 27.9 Å². The lowest BCUT2D eigenvalue weighted by molar-refractivity contribution is 0.628. The third-order valence-electron chi connectivity index (χ3n) is 8.48. The molecule has 0 saturated carbocycles. The highest BCUT2D eigenvalue weighted by Gasteiger charge is 2.14. The molecule has 214 valence electrons. The molecular weight excluding hydrogens is 551 g/mol. The molecule has 0 bridgehead atoms. The highest BCUT2D eigenvalue weighted by molar-refractivity contribution is 6.09. The number of anilines is 3. The van der Waals surface area contributed by atoms with E-state index in [2.05, 4.69) is 155 Å². The molecule has 7 aromatic carbocycles. The van der Waals surface area contributed by atoms with Crippen molar-refractivity contribution in [3.05, 3.63) is 182 Å². The van der Waals surface area contributed by atoms with E-state index < -0.39 is 0 Å². The summed E-state index contributed by atoms with van der Waals surface area (Å²) in [6, 6.07) is 60.2. The minimum absolute atomic E-state index is 0.229. The largest absolute Gasteiger partial charge is 0.311 e. The summed E-state index contributed by atoms with van der Waals surface area (Å²) in [5.41, 5.74) is 11.1. The van der Waals surface area contributed by atoms with Gasteiger partial charge in [-0.1, -0.05) is 103 Å². The quantitative estimate of drug-likeness (QED) is 0.190. The summed E-state index contributed by atoms with van der Waals surface area (Å²) >= 11 is 0. The SMILES string of the molecule is Fc1ccc(-c2ccc(N(c3ccccc3)c3ccc(-c4ccc(-n5c6ccccc6c6ccccc65)cc4)cc3)cc2)cc1. The van der Waals surface area contributed by atoms with Crippen LogP contribution in [-0.2, 0) is 0 Å². The second kappa shape index (κ2) is 11.3. The van der Waals surface area contributed by atoms with Gasteiger partial charge in [0.2, 0.25) is 0 Å². The average Bonchev–Trinajstić information content (AvgIpc) is 3.44. The highest BCUT2D eigenvalue weighted by Crippen LogP contribution is 2.37. The van der Waals surface area contributed by atoms with Crippen LogP contribution in [0.25, 0.3) is 49.7 Å². The molecule has 0 atom stereocenters. The van der Waals surface area contributed by atoms with Crippen LogP contribution in [0.2, 0.25) is 0 Å². The predicted octanol–water partition coefficient (Wildman–Crippen LogP) is 11.7. The second-order valence-corrected chi connectivity index (χ2v) is 11.2. The van der Waals surface area contributed by atoms with Crippen LogP contribution in [0.1, 0.15) is 0 Å². The average molecular weight is 581 g/mol. The van der Waals surface area contributed by atoms with Crippen LogP contribution >= 0.6 is 0 Å². The van der Waals surface area contributed by atoms with E-state index in [1.165, 1.54) is 39.5 Å². The molecular formula is C42H29FN2. The molecule has 1 aromatic heterocycles. The Morgan fingerprint density at radius 1 is 0.356 bits per heavy atom. The fourth-order valence-corrected chi connectivity index (χ4v) is 6.28. The Bertz CT molecular complexity index is 2180. The van der Waals surface area contributed by atoms with Crippen molar-refractivity contribution in [3.63, 3.8) is 0 Å². The molecule has 0 radical (unpaired) electrons. The first-order chi connectivity index (χ1) is 22.2. The highest BCUT2D eigenvalue weighted by atomic mass is 19.1. The van der Waals surface area contributed by atoms with Gasteiger partial charge in [0.1, 0.15) is 5.82 Å². The fourth-order valence-electron chi connectivity index (χ4n) is 6.28. The Hall–Kier alpha value is -5.93. The van der Waals surface area contributed by atoms with Crippen molar-refractivity contribution in [2.75, 3.05) is 4.90 Å². The molecule has 0 fully saturated rings. The lowest BCUT2D eigenvalue weighted by atomic mass is 10.0. The van der Waals surface area contributed by atoms with Gasteiger partial charge in [0, 0.05) is 33.5 Å². The van der Waals surface area contributed by atoms with Gasteiger partial charge in [0.25, 0.3) is 0 Å². The smallest absolute Gasteiger partial charge is 0.123 e. The minimum atomic E-state index is -0.229. The van der Waals surface area contributed by atoms with Gasteiger partial charge in [-0.25, -0.2) is 4.39 Å². The molecule has 0 unspecified atom stereocenters. The lowest BCUT2D eigenvalue weighted by Crippen LogP contribution is -2.09. The van der Waals surface area contributed by atoms with E-state index in [0.29, 0.717) is 0 Å². The monoisotopic (exact) mass is 580 g/mol. The Kier molecular flexibility index (Phi) is 6.69. The Morgan fingerprint density at radius 2 is 0.733 bits per heavy atom. The van der Waals surface area contributed by atoms with Crippen LogP contribution in [0.5, 0.6) is 0 Å². The Balaban J connectivity index is 1.11. The number of rotatable bonds is 6. The van der Waals surface area contributed by atoms with Crippen LogP contribution in [0.4, 0.5) is 21.5 Å². The van der Waals surface area contributed by atoms with E-state index in [0.717, 1.165) is 39.4 Å². The van der Waals surface area contributed by atoms with Crippen LogP contribution in [-0.4, -0.2) is 4.57 Å². The molecule has 2 nitrogen and oxygen atoms in total. The van der Waals surface area contributed by atoms with Crippen molar-refractivity contribution in [1.29, 1.82) is 0 Å². The van der Waals surface area contributed by atoms with Gasteiger partial charge in [0.05, 0.1) is 11.0 Å². The van der Waals surface area contributed by atoms with E-state index in [9.17, 15) is 4.39 Å². The molecule has 8 aromatic rings. The van der Waals surface area contributed by atoms with Gasteiger partial charge >= 0.3 is 0 Å². The zero-order chi connectivity index (χ0) is 30.2. The summed E-state index contributed by atoms with van der Waals surface area (Å²) in [7, 11) is 0. The van der Waals surface area contributed by atoms with Crippen molar-refractivity contribution < 1.29 is 4.39 Å². The standard InChI is InChI=1S/C42H29FN2/c43-34-22-14-30(15-23-34)31-16-24-36(25-17-31)44(35-8-2-1-3-9-35)37-26-18-32(19-27-37)33-20-28-38(29-21-33)45-41-12-6-4-10-39(41)40-11-5-7-13-42(40)45/h1-29H. The zero-order valence-electron chi connectivity index (χ0n) is 24.5. The van der Waals surface area contributed by atoms with E-state index in [4.69, 9.17) is 0 Å². The molecule has 1 heterocycles. The maximum absolute atomic E-state index is 13.5. The van der Waals surface area contributed by atoms with Crippen LogP contribution in [0, 0.1) is 5.82 Å². The zero-order valence-corrected chi connectivity index (χ0v) is 24.5. The van der Waals surface area contributed by atoms with Gasteiger partial charge in [-0.2, -0.15) is 0 Å². The summed E-state index contributed by atoms with van der Waals surface area (Å²) in [6.45, 7) is 0. The molecule has 45 heavy (non-hydrogen) atoms. The van der Waals surface area contributed by atoms with Gasteiger partial charge < -0.3 is 9.47 Å². The van der Waals surface area contributed by atoms with Gasteiger partial charge in [0.15, 0.2) is 0 Å². The Labute approximate surface area is 261 Å². The molecule has 8 rings (SSSR count). The number of halogens is 1. The lowest BCUT2D eigenvalue weighted by Gasteiger charge is -2.26. The van der Waals surface area contributed by atoms with Crippen LogP contribution in [0.3, 0.4) is 0 Å². The van der Waals surface area contributed by atoms with Crippen molar-refractivity contribution in [2.24, 2.45) is 0 Å². The van der Waals surface area contributed by atoms with Crippen molar-refractivity contribution in [1.82, 2.24) is 4.57 Å². The molecule has 0 N–H and O–H groups in total. The van der Waals surface area contributed by atoms with E-state index in [1.54, 1.807) is 0 Å².